The number of nitrogens with one attached hydrogen (secondary N) is 1. The Morgan fingerprint density at radius 1 is 0.714 bits per heavy atom. The normalized spacial score (nSPS) is 10.1. The summed E-state index contributed by atoms with van der Waals surface area (Å²) in [5.74, 6) is 0.858. The smallest absolute Gasteiger partial charge is 0.119 e. The Labute approximate surface area is 125 Å². The molecule has 0 spiro atoms. The number of rotatable bonds is 4. The number of hydrogen-bond donors (Lipinski definition) is 1. The van der Waals surface area contributed by atoms with Crippen LogP contribution in [-0.4, -0.2) is 7.11 Å². The molecule has 3 aromatic carbocycles. The second kappa shape index (κ2) is 6.14. The predicted molar refractivity (Wildman–Crippen MR) is 88.2 cm³/mol. The van der Waals surface area contributed by atoms with E-state index < -0.39 is 0 Å². The first kappa shape index (κ1) is 13.3. The highest BCUT2D eigenvalue weighted by Gasteiger charge is 2.04. The van der Waals surface area contributed by atoms with E-state index in [0.29, 0.717) is 0 Å². The van der Waals surface area contributed by atoms with Crippen molar-refractivity contribution in [1.82, 2.24) is 0 Å². The van der Waals surface area contributed by atoms with Crippen LogP contribution in [-0.2, 0) is 0 Å². The number of methoxy groups -OCH3 is 1. The molecule has 0 radical (unpaired) electrons. The van der Waals surface area contributed by atoms with Crippen LogP contribution in [0.5, 0.6) is 5.75 Å². The zero-order valence-corrected chi connectivity index (χ0v) is 11.9. The molecule has 0 atom stereocenters. The molecule has 0 aromatic heterocycles. The van der Waals surface area contributed by atoms with Gasteiger partial charge in [-0.15, -0.1) is 0 Å². The standard InChI is InChI=1S/C19H17NO/c1-21-17-13-11-16(12-14-17)20-19-10-6-5-9-18(19)15-7-3-2-4-8-15/h2-14,20H,1H3. The van der Waals surface area contributed by atoms with E-state index in [2.05, 4.69) is 47.8 Å². The van der Waals surface area contributed by atoms with Crippen molar-refractivity contribution in [2.75, 3.05) is 12.4 Å². The molecule has 2 heteroatoms. The van der Waals surface area contributed by atoms with Crippen LogP contribution in [0, 0.1) is 0 Å². The van der Waals surface area contributed by atoms with Crippen molar-refractivity contribution in [3.05, 3.63) is 78.9 Å². The highest BCUT2D eigenvalue weighted by Crippen LogP contribution is 2.30. The van der Waals surface area contributed by atoms with Crippen molar-refractivity contribution in [2.24, 2.45) is 0 Å². The van der Waals surface area contributed by atoms with Crippen LogP contribution in [0.2, 0.25) is 0 Å². The molecule has 0 aliphatic carbocycles. The van der Waals surface area contributed by atoms with Crippen LogP contribution in [0.15, 0.2) is 78.9 Å². The maximum Gasteiger partial charge on any atom is 0.119 e. The Kier molecular flexibility index (Phi) is 3.88. The molecule has 3 rings (SSSR count). The molecule has 3 aromatic rings. The first-order valence-electron chi connectivity index (χ1n) is 6.92. The molecule has 0 amide bonds. The summed E-state index contributed by atoms with van der Waals surface area (Å²) >= 11 is 0. The van der Waals surface area contributed by atoms with Crippen molar-refractivity contribution < 1.29 is 4.74 Å². The monoisotopic (exact) mass is 275 g/mol. The number of para-hydroxylation sites is 1. The van der Waals surface area contributed by atoms with Gasteiger partial charge in [-0.05, 0) is 35.9 Å². The SMILES string of the molecule is COc1ccc(Nc2ccccc2-c2ccccc2)cc1. The summed E-state index contributed by atoms with van der Waals surface area (Å²) in [6, 6.07) is 26.6. The van der Waals surface area contributed by atoms with Gasteiger partial charge in [-0.2, -0.15) is 0 Å². The first-order chi connectivity index (χ1) is 10.4. The van der Waals surface area contributed by atoms with E-state index in [-0.39, 0.29) is 0 Å². The second-order valence-electron chi connectivity index (χ2n) is 4.77. The van der Waals surface area contributed by atoms with Crippen LogP contribution in [0.4, 0.5) is 11.4 Å². The molecule has 0 saturated carbocycles. The number of hydrogen-bond acceptors (Lipinski definition) is 2. The van der Waals surface area contributed by atoms with Gasteiger partial charge >= 0.3 is 0 Å². The van der Waals surface area contributed by atoms with E-state index in [1.807, 2.05) is 36.4 Å². The average molecular weight is 275 g/mol. The highest BCUT2D eigenvalue weighted by atomic mass is 16.5. The van der Waals surface area contributed by atoms with Gasteiger partial charge < -0.3 is 10.1 Å². The largest absolute Gasteiger partial charge is 0.497 e. The lowest BCUT2D eigenvalue weighted by Gasteiger charge is -2.12. The van der Waals surface area contributed by atoms with E-state index in [9.17, 15) is 0 Å². The number of benzene rings is 3. The zero-order valence-electron chi connectivity index (χ0n) is 11.9. The van der Waals surface area contributed by atoms with Gasteiger partial charge in [0.15, 0.2) is 0 Å². The quantitative estimate of drug-likeness (QED) is 0.714. The molecule has 2 nitrogen and oxygen atoms in total. The fraction of sp³-hybridized carbons (Fsp3) is 0.0526. The van der Waals surface area contributed by atoms with Crippen molar-refractivity contribution >= 4 is 11.4 Å². The summed E-state index contributed by atoms with van der Waals surface area (Å²) in [5, 5.41) is 3.47. The third kappa shape index (κ3) is 3.06. The molecule has 0 fully saturated rings. The van der Waals surface area contributed by atoms with E-state index in [4.69, 9.17) is 4.74 Å². The third-order valence-corrected chi connectivity index (χ3v) is 3.38. The van der Waals surface area contributed by atoms with Crippen molar-refractivity contribution in [2.45, 2.75) is 0 Å². The fourth-order valence-corrected chi connectivity index (χ4v) is 2.29. The molecule has 21 heavy (non-hydrogen) atoms. The van der Waals surface area contributed by atoms with E-state index in [0.717, 1.165) is 17.1 Å². The zero-order chi connectivity index (χ0) is 14.5. The Morgan fingerprint density at radius 2 is 1.38 bits per heavy atom. The van der Waals surface area contributed by atoms with E-state index in [1.54, 1.807) is 7.11 Å². The molecule has 0 bridgehead atoms. The highest BCUT2D eigenvalue weighted by molar-refractivity contribution is 5.80. The summed E-state index contributed by atoms with van der Waals surface area (Å²) in [4.78, 5) is 0. The predicted octanol–water partition coefficient (Wildman–Crippen LogP) is 5.11. The Bertz CT molecular complexity index is 705. The van der Waals surface area contributed by atoms with Gasteiger partial charge in [0.25, 0.3) is 0 Å². The molecule has 0 aliphatic heterocycles. The summed E-state index contributed by atoms with van der Waals surface area (Å²) < 4.78 is 5.18. The van der Waals surface area contributed by atoms with Gasteiger partial charge in [-0.25, -0.2) is 0 Å². The molecule has 0 unspecified atom stereocenters. The van der Waals surface area contributed by atoms with Crippen LogP contribution in [0.25, 0.3) is 11.1 Å². The summed E-state index contributed by atoms with van der Waals surface area (Å²) in [6.07, 6.45) is 0. The van der Waals surface area contributed by atoms with Gasteiger partial charge in [0.05, 0.1) is 7.11 Å². The van der Waals surface area contributed by atoms with Gasteiger partial charge in [-0.3, -0.25) is 0 Å². The van der Waals surface area contributed by atoms with Gasteiger partial charge in [0.2, 0.25) is 0 Å². The van der Waals surface area contributed by atoms with Gasteiger partial charge in [-0.1, -0.05) is 48.5 Å². The Hall–Kier alpha value is -2.74. The number of ether oxygens (including phenoxy) is 1. The molecular formula is C19H17NO. The topological polar surface area (TPSA) is 21.3 Å². The second-order valence-corrected chi connectivity index (χ2v) is 4.77. The van der Waals surface area contributed by atoms with Gasteiger partial charge in [0.1, 0.15) is 5.75 Å². The van der Waals surface area contributed by atoms with Crippen molar-refractivity contribution in [3.63, 3.8) is 0 Å². The lowest BCUT2D eigenvalue weighted by molar-refractivity contribution is 0.415. The van der Waals surface area contributed by atoms with Crippen molar-refractivity contribution in [3.8, 4) is 16.9 Å². The minimum absolute atomic E-state index is 0.858. The maximum absolute atomic E-state index is 5.18. The minimum atomic E-state index is 0.858. The third-order valence-electron chi connectivity index (χ3n) is 3.38. The van der Waals surface area contributed by atoms with Crippen LogP contribution >= 0.6 is 0 Å². The molecule has 0 heterocycles. The average Bonchev–Trinajstić information content (AvgIpc) is 2.57. The fourth-order valence-electron chi connectivity index (χ4n) is 2.29. The van der Waals surface area contributed by atoms with Crippen LogP contribution < -0.4 is 10.1 Å². The molecule has 0 saturated heterocycles. The van der Waals surface area contributed by atoms with Crippen LogP contribution in [0.1, 0.15) is 0 Å². The number of anilines is 2. The minimum Gasteiger partial charge on any atom is -0.497 e. The summed E-state index contributed by atoms with van der Waals surface area (Å²) in [5.41, 5.74) is 4.52. The molecular weight excluding hydrogens is 258 g/mol. The lowest BCUT2D eigenvalue weighted by Crippen LogP contribution is -1.93. The Morgan fingerprint density at radius 3 is 2.10 bits per heavy atom. The summed E-state index contributed by atoms with van der Waals surface area (Å²) in [6.45, 7) is 0. The molecule has 1 N–H and O–H groups in total. The first-order valence-corrected chi connectivity index (χ1v) is 6.92. The van der Waals surface area contributed by atoms with E-state index in [1.165, 1.54) is 11.1 Å². The molecule has 0 aliphatic rings. The van der Waals surface area contributed by atoms with Crippen molar-refractivity contribution in [1.29, 1.82) is 0 Å². The van der Waals surface area contributed by atoms with Gasteiger partial charge in [0, 0.05) is 16.9 Å². The lowest BCUT2D eigenvalue weighted by atomic mass is 10.0. The maximum atomic E-state index is 5.18. The Balaban J connectivity index is 1.92. The summed E-state index contributed by atoms with van der Waals surface area (Å²) in [7, 11) is 1.67. The molecule has 104 valence electrons. The van der Waals surface area contributed by atoms with Crippen LogP contribution in [0.3, 0.4) is 0 Å². The van der Waals surface area contributed by atoms with E-state index >= 15 is 0 Å².